The maximum absolute atomic E-state index is 15.3. The van der Waals surface area contributed by atoms with Crippen LogP contribution >= 0.6 is 0 Å². The molecule has 0 radical (unpaired) electrons. The molecule has 4 rings (SSSR count). The van der Waals surface area contributed by atoms with Gasteiger partial charge in [-0.15, -0.1) is 0 Å². The molecule has 7 nitrogen and oxygen atoms in total. The number of ketones is 1. The summed E-state index contributed by atoms with van der Waals surface area (Å²) in [5, 5.41) is 3.58. The van der Waals surface area contributed by atoms with Crippen molar-refractivity contribution in [2.75, 3.05) is 38.5 Å². The van der Waals surface area contributed by atoms with E-state index in [9.17, 15) is 14.0 Å². The quantitative estimate of drug-likeness (QED) is 0.486. The number of para-hydroxylation sites is 1. The van der Waals surface area contributed by atoms with E-state index < -0.39 is 5.54 Å². The van der Waals surface area contributed by atoms with Gasteiger partial charge in [0, 0.05) is 44.3 Å². The zero-order valence-corrected chi connectivity index (χ0v) is 19.2. The molecule has 0 aliphatic carbocycles. The van der Waals surface area contributed by atoms with E-state index in [4.69, 9.17) is 9.47 Å². The number of urea groups is 1. The van der Waals surface area contributed by atoms with Crippen LogP contribution in [0.15, 0.2) is 42.5 Å². The average molecular weight is 474 g/mol. The summed E-state index contributed by atoms with van der Waals surface area (Å²) in [6.07, 6.45) is 0.813. The average Bonchev–Trinajstić information content (AvgIpc) is 2.86. The van der Waals surface area contributed by atoms with Crippen molar-refractivity contribution >= 4 is 17.5 Å². The molecule has 9 heteroatoms. The smallest absolute Gasteiger partial charge is 0.317 e. The molecule has 1 N–H and O–H groups in total. The Morgan fingerprint density at radius 1 is 1.15 bits per heavy atom. The molecule has 0 saturated carbocycles. The van der Waals surface area contributed by atoms with Crippen molar-refractivity contribution in [3.8, 4) is 0 Å². The summed E-state index contributed by atoms with van der Waals surface area (Å²) in [4.78, 5) is 26.9. The number of likely N-dealkylation sites (tertiary alicyclic amines) is 1. The summed E-state index contributed by atoms with van der Waals surface area (Å²) < 4.78 is 39.6. The summed E-state index contributed by atoms with van der Waals surface area (Å²) in [5.74, 6) is -0.436. The number of halogens is 2. The minimum Gasteiger partial charge on any atom is -0.382 e. The number of hydrogen-bond donors (Lipinski definition) is 1. The van der Waals surface area contributed by atoms with E-state index in [1.807, 2.05) is 0 Å². The van der Waals surface area contributed by atoms with Crippen LogP contribution in [0.1, 0.15) is 40.7 Å². The number of nitrogens with one attached hydrogen (secondary N) is 1. The summed E-state index contributed by atoms with van der Waals surface area (Å²) in [5.41, 5.74) is 0.941. The number of benzene rings is 2. The standard InChI is InChI=1S/C25H29F2N3O4/c1-33-12-13-34-17-19-14-18(6-7-21(19)26)16-28-24(32)29-10-8-25(9-11-29)15-23(31)20-4-2-3-5-22(20)30(25)27/h2-7,14H,8-13,15-17H2,1H3,(H,28,32). The SMILES string of the molecule is COCCOCc1cc(CNC(=O)N2CCC3(CC2)CC(=O)c2ccccc2N3F)ccc1F. The lowest BCUT2D eigenvalue weighted by molar-refractivity contribution is 0.0604. The second-order valence-electron chi connectivity index (χ2n) is 8.74. The predicted molar refractivity (Wildman–Crippen MR) is 123 cm³/mol. The van der Waals surface area contributed by atoms with Gasteiger partial charge >= 0.3 is 6.03 Å². The number of piperidine rings is 1. The monoisotopic (exact) mass is 473 g/mol. The predicted octanol–water partition coefficient (Wildman–Crippen LogP) is 4.01. The second kappa shape index (κ2) is 10.5. The number of carbonyl (C=O) groups excluding carboxylic acids is 2. The van der Waals surface area contributed by atoms with Crippen LogP contribution in [0, 0.1) is 5.82 Å². The molecule has 0 atom stereocenters. The molecule has 1 spiro atoms. The van der Waals surface area contributed by atoms with E-state index in [-0.39, 0.29) is 37.2 Å². The summed E-state index contributed by atoms with van der Waals surface area (Å²) in [6, 6.07) is 11.1. The van der Waals surface area contributed by atoms with Gasteiger partial charge in [0.2, 0.25) is 0 Å². The molecular weight excluding hydrogens is 444 g/mol. The van der Waals surface area contributed by atoms with Gasteiger partial charge in [-0.25, -0.2) is 14.3 Å². The van der Waals surface area contributed by atoms with Crippen LogP contribution in [0.5, 0.6) is 0 Å². The minimum absolute atomic E-state index is 0.0688. The van der Waals surface area contributed by atoms with E-state index in [2.05, 4.69) is 5.32 Å². The number of nitrogens with zero attached hydrogens (tertiary/aromatic N) is 2. The van der Waals surface area contributed by atoms with Gasteiger partial charge in [0.25, 0.3) is 0 Å². The Morgan fingerprint density at radius 3 is 2.68 bits per heavy atom. The molecule has 0 unspecified atom stereocenters. The van der Waals surface area contributed by atoms with E-state index in [0.717, 1.165) is 10.7 Å². The van der Waals surface area contributed by atoms with Crippen molar-refractivity contribution in [3.63, 3.8) is 0 Å². The highest BCUT2D eigenvalue weighted by Crippen LogP contribution is 2.43. The fourth-order valence-corrected chi connectivity index (χ4v) is 4.56. The van der Waals surface area contributed by atoms with Gasteiger partial charge in [0.05, 0.1) is 31.0 Å². The number of hydrogen-bond acceptors (Lipinski definition) is 5. The van der Waals surface area contributed by atoms with Crippen molar-refractivity contribution < 1.29 is 27.9 Å². The Morgan fingerprint density at radius 2 is 1.91 bits per heavy atom. The second-order valence-corrected chi connectivity index (χ2v) is 8.74. The number of anilines is 1. The van der Waals surface area contributed by atoms with E-state index >= 15 is 4.48 Å². The molecule has 2 aromatic carbocycles. The van der Waals surface area contributed by atoms with E-state index in [1.54, 1.807) is 48.4 Å². The Balaban J connectivity index is 1.31. The number of Topliss-reactive ketones (excluding diaryl/α,β-unsaturated/α-hetero) is 1. The van der Waals surface area contributed by atoms with Crippen LogP contribution in [0.2, 0.25) is 0 Å². The maximum atomic E-state index is 15.3. The normalized spacial score (nSPS) is 17.1. The van der Waals surface area contributed by atoms with Crippen molar-refractivity contribution in [3.05, 3.63) is 65.0 Å². The summed E-state index contributed by atoms with van der Waals surface area (Å²) in [7, 11) is 1.57. The van der Waals surface area contributed by atoms with Crippen LogP contribution in [0.3, 0.4) is 0 Å². The third kappa shape index (κ3) is 5.05. The van der Waals surface area contributed by atoms with Crippen molar-refractivity contribution in [1.29, 1.82) is 0 Å². The van der Waals surface area contributed by atoms with Crippen LogP contribution in [-0.2, 0) is 22.6 Å². The van der Waals surface area contributed by atoms with Crippen molar-refractivity contribution in [2.24, 2.45) is 0 Å². The third-order valence-electron chi connectivity index (χ3n) is 6.55. The van der Waals surface area contributed by atoms with Gasteiger partial charge in [-0.1, -0.05) is 22.7 Å². The number of amides is 2. The van der Waals surface area contributed by atoms with Crippen molar-refractivity contribution in [2.45, 2.75) is 38.0 Å². The van der Waals surface area contributed by atoms with Gasteiger partial charge < -0.3 is 19.7 Å². The first-order valence-electron chi connectivity index (χ1n) is 11.4. The molecule has 34 heavy (non-hydrogen) atoms. The zero-order chi connectivity index (χ0) is 24.1. The summed E-state index contributed by atoms with van der Waals surface area (Å²) in [6.45, 7) is 1.81. The molecule has 0 aromatic heterocycles. The number of fused-ring (bicyclic) bond motifs is 1. The first-order valence-corrected chi connectivity index (χ1v) is 11.4. The number of methoxy groups -OCH3 is 1. The summed E-state index contributed by atoms with van der Waals surface area (Å²) >= 11 is 0. The highest BCUT2D eigenvalue weighted by Gasteiger charge is 2.47. The van der Waals surface area contributed by atoms with Gasteiger partial charge in [-0.3, -0.25) is 4.79 Å². The molecule has 2 heterocycles. The Bertz CT molecular complexity index is 1040. The van der Waals surface area contributed by atoms with Crippen LogP contribution < -0.4 is 10.4 Å². The van der Waals surface area contributed by atoms with Crippen LogP contribution in [-0.4, -0.2) is 55.7 Å². The third-order valence-corrected chi connectivity index (χ3v) is 6.55. The fraction of sp³-hybridized carbons (Fsp3) is 0.440. The lowest BCUT2D eigenvalue weighted by atomic mass is 9.78. The van der Waals surface area contributed by atoms with Crippen LogP contribution in [0.4, 0.5) is 19.4 Å². The molecule has 2 amide bonds. The highest BCUT2D eigenvalue weighted by atomic mass is 19.2. The van der Waals surface area contributed by atoms with Crippen LogP contribution in [0.25, 0.3) is 0 Å². The van der Waals surface area contributed by atoms with Gasteiger partial charge in [-0.2, -0.15) is 0 Å². The molecule has 0 bridgehead atoms. The zero-order valence-electron chi connectivity index (χ0n) is 19.2. The Hall–Kier alpha value is -3.04. The minimum atomic E-state index is -0.920. The van der Waals surface area contributed by atoms with E-state index in [1.165, 1.54) is 6.07 Å². The topological polar surface area (TPSA) is 71.1 Å². The number of carbonyl (C=O) groups is 2. The highest BCUT2D eigenvalue weighted by molar-refractivity contribution is 6.04. The molecule has 2 aliphatic heterocycles. The van der Waals surface area contributed by atoms with Gasteiger partial charge in [0.15, 0.2) is 5.78 Å². The molecule has 2 aliphatic rings. The first kappa shape index (κ1) is 24.1. The Kier molecular flexibility index (Phi) is 7.43. The number of ether oxygens (including phenoxy) is 2. The van der Waals surface area contributed by atoms with Crippen molar-refractivity contribution in [1.82, 2.24) is 10.2 Å². The molecular formula is C25H29F2N3O4. The lowest BCUT2D eigenvalue weighted by Gasteiger charge is -2.47. The molecule has 2 aromatic rings. The first-order chi connectivity index (χ1) is 16.4. The Labute approximate surface area is 197 Å². The largest absolute Gasteiger partial charge is 0.382 e. The molecule has 182 valence electrons. The fourth-order valence-electron chi connectivity index (χ4n) is 4.56. The number of rotatable bonds is 7. The maximum Gasteiger partial charge on any atom is 0.317 e. The van der Waals surface area contributed by atoms with Gasteiger partial charge in [-0.05, 0) is 42.7 Å². The molecule has 1 saturated heterocycles. The van der Waals surface area contributed by atoms with E-state index in [0.29, 0.717) is 56.0 Å². The lowest BCUT2D eigenvalue weighted by Crippen LogP contribution is -2.57. The molecule has 1 fully saturated rings. The van der Waals surface area contributed by atoms with Gasteiger partial charge in [0.1, 0.15) is 5.82 Å².